The highest BCUT2D eigenvalue weighted by atomic mass is 19.2. The molecule has 0 bridgehead atoms. The van der Waals surface area contributed by atoms with Gasteiger partial charge in [-0.25, -0.2) is 22.0 Å². The minimum Gasteiger partial charge on any atom is -0.347 e. The zero-order chi connectivity index (χ0) is 23.0. The number of nitrogens with one attached hydrogen (secondary N) is 2. The standard InChI is InChI=1S/C22H19F5N4O/c1-31-18(5-7-29-31)11-2-3-12(14(23)8-11)22(32)30-17-10-28-6-4-13(17)19-20(26)15(24)9-16(25)21(19)27/h2-3,5,7-9,13,17,28H,4,6,10H2,1H3,(H,30,32)/t13-,17-/m1/s1. The third-order valence-electron chi connectivity index (χ3n) is 5.65. The van der Waals surface area contributed by atoms with Gasteiger partial charge in [0.2, 0.25) is 0 Å². The molecule has 1 fully saturated rings. The molecule has 168 valence electrons. The van der Waals surface area contributed by atoms with Crippen LogP contribution in [0.25, 0.3) is 11.3 Å². The lowest BCUT2D eigenvalue weighted by molar-refractivity contribution is 0.0919. The van der Waals surface area contributed by atoms with Crippen LogP contribution in [0.3, 0.4) is 0 Å². The van der Waals surface area contributed by atoms with Crippen LogP contribution in [-0.2, 0) is 7.05 Å². The summed E-state index contributed by atoms with van der Waals surface area (Å²) in [7, 11) is 1.69. The number of hydrogen-bond donors (Lipinski definition) is 2. The molecule has 0 aliphatic carbocycles. The zero-order valence-corrected chi connectivity index (χ0v) is 16.9. The van der Waals surface area contributed by atoms with Gasteiger partial charge in [0.05, 0.1) is 11.3 Å². The van der Waals surface area contributed by atoms with Crippen LogP contribution < -0.4 is 10.6 Å². The molecular formula is C22H19F5N4O. The summed E-state index contributed by atoms with van der Waals surface area (Å²) in [5.41, 5.74) is 0.120. The van der Waals surface area contributed by atoms with Crippen molar-refractivity contribution in [1.29, 1.82) is 0 Å². The van der Waals surface area contributed by atoms with E-state index < -0.39 is 52.5 Å². The van der Waals surface area contributed by atoms with E-state index >= 15 is 0 Å². The van der Waals surface area contributed by atoms with Gasteiger partial charge in [0.1, 0.15) is 5.82 Å². The Hall–Kier alpha value is -3.27. The van der Waals surface area contributed by atoms with E-state index in [9.17, 15) is 26.7 Å². The fourth-order valence-corrected chi connectivity index (χ4v) is 4.03. The molecule has 2 N–H and O–H groups in total. The number of carbonyl (C=O) groups excluding carboxylic acids is 1. The fourth-order valence-electron chi connectivity index (χ4n) is 4.03. The van der Waals surface area contributed by atoms with Crippen molar-refractivity contribution < 1.29 is 26.7 Å². The third kappa shape index (κ3) is 3.97. The molecule has 3 aromatic rings. The van der Waals surface area contributed by atoms with E-state index in [1.165, 1.54) is 12.1 Å². The predicted octanol–water partition coefficient (Wildman–Crippen LogP) is 3.66. The molecule has 5 nitrogen and oxygen atoms in total. The van der Waals surface area contributed by atoms with E-state index in [2.05, 4.69) is 15.7 Å². The van der Waals surface area contributed by atoms with Gasteiger partial charge in [-0.2, -0.15) is 5.10 Å². The minimum atomic E-state index is -1.51. The van der Waals surface area contributed by atoms with E-state index in [-0.39, 0.29) is 24.6 Å². The first kappa shape index (κ1) is 21.9. The Morgan fingerprint density at radius 3 is 2.41 bits per heavy atom. The molecule has 1 aliphatic rings. The number of aromatic nitrogens is 2. The molecule has 1 aliphatic heterocycles. The van der Waals surface area contributed by atoms with E-state index in [1.54, 1.807) is 30.1 Å². The number of hydrogen-bond acceptors (Lipinski definition) is 3. The molecule has 0 spiro atoms. The zero-order valence-electron chi connectivity index (χ0n) is 16.9. The maximum Gasteiger partial charge on any atom is 0.254 e. The maximum atomic E-state index is 14.7. The van der Waals surface area contributed by atoms with Gasteiger partial charge in [-0.15, -0.1) is 0 Å². The first-order valence-corrected chi connectivity index (χ1v) is 9.90. The molecule has 10 heteroatoms. The van der Waals surface area contributed by atoms with Crippen molar-refractivity contribution in [2.24, 2.45) is 7.05 Å². The largest absolute Gasteiger partial charge is 0.347 e. The lowest BCUT2D eigenvalue weighted by atomic mass is 9.85. The number of amides is 1. The van der Waals surface area contributed by atoms with Gasteiger partial charge in [0.15, 0.2) is 23.3 Å². The SMILES string of the molecule is Cn1nccc1-c1ccc(C(=O)N[C@@H]2CNCC[C@H]2c2c(F)c(F)cc(F)c2F)c(F)c1. The van der Waals surface area contributed by atoms with Gasteiger partial charge in [-0.05, 0) is 31.2 Å². The van der Waals surface area contributed by atoms with Gasteiger partial charge in [0.25, 0.3) is 5.91 Å². The van der Waals surface area contributed by atoms with Crippen molar-refractivity contribution in [2.75, 3.05) is 13.1 Å². The Bertz CT molecular complexity index is 1150. The Morgan fingerprint density at radius 2 is 1.78 bits per heavy atom. The quantitative estimate of drug-likeness (QED) is 0.471. The van der Waals surface area contributed by atoms with E-state index in [0.29, 0.717) is 17.8 Å². The number of benzene rings is 2. The molecule has 2 aromatic carbocycles. The average Bonchev–Trinajstić information content (AvgIpc) is 3.19. The second-order valence-electron chi connectivity index (χ2n) is 7.60. The summed E-state index contributed by atoms with van der Waals surface area (Å²) < 4.78 is 72.4. The molecule has 4 rings (SSSR count). The molecule has 0 radical (unpaired) electrons. The van der Waals surface area contributed by atoms with Crippen LogP contribution in [-0.4, -0.2) is 34.8 Å². The van der Waals surface area contributed by atoms with Crippen molar-refractivity contribution in [3.8, 4) is 11.3 Å². The van der Waals surface area contributed by atoms with Crippen molar-refractivity contribution in [3.05, 3.63) is 76.7 Å². The highest BCUT2D eigenvalue weighted by Crippen LogP contribution is 2.33. The van der Waals surface area contributed by atoms with Crippen LogP contribution >= 0.6 is 0 Å². The Morgan fingerprint density at radius 1 is 1.06 bits per heavy atom. The topological polar surface area (TPSA) is 59.0 Å². The molecular weight excluding hydrogens is 431 g/mol. The lowest BCUT2D eigenvalue weighted by Crippen LogP contribution is -2.50. The summed E-state index contributed by atoms with van der Waals surface area (Å²) in [5, 5.41) is 9.52. The number of piperidine rings is 1. The summed E-state index contributed by atoms with van der Waals surface area (Å²) in [5.74, 6) is -8.67. The van der Waals surface area contributed by atoms with E-state index in [1.807, 2.05) is 0 Å². The monoisotopic (exact) mass is 450 g/mol. The van der Waals surface area contributed by atoms with Crippen molar-refractivity contribution in [1.82, 2.24) is 20.4 Å². The molecule has 1 amide bonds. The number of aryl methyl sites for hydroxylation is 1. The number of carbonyl (C=O) groups is 1. The Kier molecular flexibility index (Phi) is 5.96. The number of nitrogens with zero attached hydrogens (tertiary/aromatic N) is 2. The molecule has 2 atom stereocenters. The summed E-state index contributed by atoms with van der Waals surface area (Å²) >= 11 is 0. The summed E-state index contributed by atoms with van der Waals surface area (Å²) in [6, 6.07) is 4.94. The van der Waals surface area contributed by atoms with Crippen LogP contribution in [0, 0.1) is 29.1 Å². The van der Waals surface area contributed by atoms with Gasteiger partial charge >= 0.3 is 0 Å². The Labute approximate surface area is 180 Å². The highest BCUT2D eigenvalue weighted by molar-refractivity contribution is 5.95. The first-order chi connectivity index (χ1) is 15.3. The van der Waals surface area contributed by atoms with Crippen molar-refractivity contribution in [2.45, 2.75) is 18.4 Å². The summed E-state index contributed by atoms with van der Waals surface area (Å²) in [6.07, 6.45) is 1.67. The van der Waals surface area contributed by atoms with Gasteiger partial charge in [0, 0.05) is 48.9 Å². The fraction of sp³-hybridized carbons (Fsp3) is 0.273. The number of rotatable bonds is 4. The normalized spacial score (nSPS) is 18.6. The second-order valence-corrected chi connectivity index (χ2v) is 7.60. The van der Waals surface area contributed by atoms with Gasteiger partial charge in [-0.3, -0.25) is 9.48 Å². The maximum absolute atomic E-state index is 14.7. The smallest absolute Gasteiger partial charge is 0.254 e. The molecule has 1 aromatic heterocycles. The van der Waals surface area contributed by atoms with E-state index in [4.69, 9.17) is 0 Å². The highest BCUT2D eigenvalue weighted by Gasteiger charge is 2.35. The summed E-state index contributed by atoms with van der Waals surface area (Å²) in [4.78, 5) is 12.7. The number of halogens is 5. The van der Waals surface area contributed by atoms with Crippen LogP contribution in [0.4, 0.5) is 22.0 Å². The minimum absolute atomic E-state index is 0.0855. The van der Waals surface area contributed by atoms with E-state index in [0.717, 1.165) is 0 Å². The summed E-state index contributed by atoms with van der Waals surface area (Å²) in [6.45, 7) is 0.407. The van der Waals surface area contributed by atoms with Crippen LogP contribution in [0.5, 0.6) is 0 Å². The third-order valence-corrected chi connectivity index (χ3v) is 5.65. The van der Waals surface area contributed by atoms with Crippen LogP contribution in [0.15, 0.2) is 36.5 Å². The average molecular weight is 450 g/mol. The molecule has 0 saturated carbocycles. The van der Waals surface area contributed by atoms with Crippen molar-refractivity contribution >= 4 is 5.91 Å². The van der Waals surface area contributed by atoms with Crippen LogP contribution in [0.1, 0.15) is 28.3 Å². The van der Waals surface area contributed by atoms with Gasteiger partial charge < -0.3 is 10.6 Å². The lowest BCUT2D eigenvalue weighted by Gasteiger charge is -2.33. The van der Waals surface area contributed by atoms with Gasteiger partial charge in [-0.1, -0.05) is 6.07 Å². The molecule has 32 heavy (non-hydrogen) atoms. The molecule has 2 heterocycles. The van der Waals surface area contributed by atoms with Crippen LogP contribution in [0.2, 0.25) is 0 Å². The van der Waals surface area contributed by atoms with Crippen molar-refractivity contribution in [3.63, 3.8) is 0 Å². The predicted molar refractivity (Wildman–Crippen MR) is 106 cm³/mol. The second kappa shape index (κ2) is 8.70. The first-order valence-electron chi connectivity index (χ1n) is 9.90. The molecule has 1 saturated heterocycles. The molecule has 0 unspecified atom stereocenters. The Balaban J connectivity index is 1.61.